The zero-order valence-corrected chi connectivity index (χ0v) is 19.8. The maximum Gasteiger partial charge on any atom is 0.416 e. The van der Waals surface area contributed by atoms with E-state index in [1.807, 2.05) is 0 Å². The summed E-state index contributed by atoms with van der Waals surface area (Å²) in [4.78, 5) is 0.943. The number of aliphatic hydroxyl groups excluding tert-OH is 1. The van der Waals surface area contributed by atoms with E-state index in [4.69, 9.17) is 4.74 Å². The fourth-order valence-electron chi connectivity index (χ4n) is 3.30. The Morgan fingerprint density at radius 1 is 0.889 bits per heavy atom. The van der Waals surface area contributed by atoms with Crippen LogP contribution in [0.5, 0.6) is 11.5 Å². The number of nitrogens with zero attached hydrogens (tertiary/aromatic N) is 1. The predicted molar refractivity (Wildman–Crippen MR) is 120 cm³/mol. The molecule has 1 atom stereocenters. The lowest BCUT2D eigenvalue weighted by molar-refractivity contribution is -0.200. The van der Waals surface area contributed by atoms with Crippen molar-refractivity contribution in [3.63, 3.8) is 0 Å². The third kappa shape index (κ3) is 7.82. The van der Waals surface area contributed by atoms with Crippen LogP contribution in [0.3, 0.4) is 0 Å². The molecule has 194 valence electrons. The largest absolute Gasteiger partial charge is 0.454 e. The van der Waals surface area contributed by atoms with Gasteiger partial charge in [-0.1, -0.05) is 34.1 Å². The Balaban J connectivity index is 1.95. The van der Waals surface area contributed by atoms with Gasteiger partial charge in [0.25, 0.3) is 0 Å². The van der Waals surface area contributed by atoms with E-state index in [1.165, 1.54) is 36.4 Å². The molecule has 3 nitrogen and oxygen atoms in total. The summed E-state index contributed by atoms with van der Waals surface area (Å²) in [6.07, 6.45) is -13.8. The minimum absolute atomic E-state index is 0.0160. The van der Waals surface area contributed by atoms with E-state index < -0.39 is 49.6 Å². The summed E-state index contributed by atoms with van der Waals surface area (Å²) in [7, 11) is 0. The van der Waals surface area contributed by atoms with Gasteiger partial charge in [-0.25, -0.2) is 8.78 Å². The highest BCUT2D eigenvalue weighted by Gasteiger charge is 2.39. The molecular weight excluding hydrogens is 566 g/mol. The molecule has 0 fully saturated rings. The van der Waals surface area contributed by atoms with Crippen molar-refractivity contribution in [1.29, 1.82) is 0 Å². The van der Waals surface area contributed by atoms with E-state index in [-0.39, 0.29) is 28.3 Å². The molecule has 3 rings (SSSR count). The van der Waals surface area contributed by atoms with E-state index in [1.54, 1.807) is 0 Å². The van der Waals surface area contributed by atoms with Crippen molar-refractivity contribution in [2.24, 2.45) is 0 Å². The van der Waals surface area contributed by atoms with Crippen LogP contribution in [0.4, 0.5) is 40.8 Å². The van der Waals surface area contributed by atoms with Crippen LogP contribution >= 0.6 is 15.9 Å². The molecule has 0 amide bonds. The number of anilines is 1. The van der Waals surface area contributed by atoms with Gasteiger partial charge in [-0.15, -0.1) is 0 Å². The van der Waals surface area contributed by atoms with Crippen LogP contribution in [0.2, 0.25) is 0 Å². The van der Waals surface area contributed by atoms with Crippen LogP contribution in [0.15, 0.2) is 65.1 Å². The maximum atomic E-state index is 14.4. The fourth-order valence-corrected chi connectivity index (χ4v) is 3.64. The number of alkyl halides is 6. The molecule has 0 saturated carbocycles. The average Bonchev–Trinajstić information content (AvgIpc) is 2.76. The summed E-state index contributed by atoms with van der Waals surface area (Å²) in [6.45, 7) is -1.65. The number of hydrogen-bond donors (Lipinski definition) is 1. The van der Waals surface area contributed by atoms with Crippen molar-refractivity contribution in [3.8, 4) is 11.5 Å². The van der Waals surface area contributed by atoms with Gasteiger partial charge in [-0.05, 0) is 42.0 Å². The second kappa shape index (κ2) is 11.0. The van der Waals surface area contributed by atoms with Crippen LogP contribution in [0, 0.1) is 11.6 Å². The van der Waals surface area contributed by atoms with Gasteiger partial charge >= 0.3 is 12.4 Å². The lowest BCUT2D eigenvalue weighted by Gasteiger charge is -2.29. The van der Waals surface area contributed by atoms with Crippen molar-refractivity contribution in [3.05, 3.63) is 87.9 Å². The molecule has 0 aromatic heterocycles. The fraction of sp³-hybridized carbons (Fsp3) is 0.250. The molecule has 0 bridgehead atoms. The Kier molecular flexibility index (Phi) is 8.50. The Labute approximate surface area is 209 Å². The first-order valence-electron chi connectivity index (χ1n) is 10.3. The zero-order valence-electron chi connectivity index (χ0n) is 18.2. The van der Waals surface area contributed by atoms with Gasteiger partial charge in [0, 0.05) is 28.3 Å². The SMILES string of the molecule is OC(CN(Cc1cc(CC(F)(F)F)ccc1F)c1cccc(Oc2cc(Br)ccc2F)c1)C(F)(F)F. The summed E-state index contributed by atoms with van der Waals surface area (Å²) in [5.41, 5.74) is -0.570. The lowest BCUT2D eigenvalue weighted by Crippen LogP contribution is -2.41. The Bertz CT molecular complexity index is 1200. The molecule has 36 heavy (non-hydrogen) atoms. The van der Waals surface area contributed by atoms with E-state index in [0.717, 1.165) is 29.2 Å². The lowest BCUT2D eigenvalue weighted by atomic mass is 10.1. The molecular formula is C24H18BrF8NO2. The first kappa shape index (κ1) is 27.7. The first-order valence-corrected chi connectivity index (χ1v) is 11.1. The summed E-state index contributed by atoms with van der Waals surface area (Å²) >= 11 is 3.17. The van der Waals surface area contributed by atoms with Crippen molar-refractivity contribution in [1.82, 2.24) is 0 Å². The third-order valence-electron chi connectivity index (χ3n) is 4.95. The number of benzene rings is 3. The van der Waals surface area contributed by atoms with Gasteiger partial charge in [0.2, 0.25) is 0 Å². The first-order chi connectivity index (χ1) is 16.7. The Morgan fingerprint density at radius 2 is 1.58 bits per heavy atom. The number of ether oxygens (including phenoxy) is 1. The molecule has 0 spiro atoms. The second-order valence-corrected chi connectivity index (χ2v) is 8.75. The van der Waals surface area contributed by atoms with Crippen molar-refractivity contribution < 1.29 is 45.0 Å². The molecule has 12 heteroatoms. The molecule has 3 aromatic rings. The Hall–Kier alpha value is -2.86. The smallest absolute Gasteiger partial charge is 0.416 e. The van der Waals surface area contributed by atoms with Crippen molar-refractivity contribution >= 4 is 21.6 Å². The average molecular weight is 584 g/mol. The van der Waals surface area contributed by atoms with Gasteiger partial charge < -0.3 is 14.7 Å². The van der Waals surface area contributed by atoms with Gasteiger partial charge in [-0.2, -0.15) is 26.3 Å². The molecule has 1 unspecified atom stereocenters. The summed E-state index contributed by atoms with van der Waals surface area (Å²) < 4.78 is 112. The topological polar surface area (TPSA) is 32.7 Å². The molecule has 0 saturated heterocycles. The predicted octanol–water partition coefficient (Wildman–Crippen LogP) is 7.55. The summed E-state index contributed by atoms with van der Waals surface area (Å²) in [5.74, 6) is -1.82. The van der Waals surface area contributed by atoms with Crippen LogP contribution in [-0.2, 0) is 13.0 Å². The number of halogens is 9. The van der Waals surface area contributed by atoms with Crippen LogP contribution in [0.1, 0.15) is 11.1 Å². The normalized spacial score (nSPS) is 12.9. The molecule has 3 aromatic carbocycles. The van der Waals surface area contributed by atoms with E-state index in [9.17, 15) is 40.2 Å². The van der Waals surface area contributed by atoms with E-state index in [2.05, 4.69) is 15.9 Å². The minimum atomic E-state index is -5.01. The van der Waals surface area contributed by atoms with Crippen LogP contribution in [-0.4, -0.2) is 30.1 Å². The van der Waals surface area contributed by atoms with Crippen molar-refractivity contribution in [2.75, 3.05) is 11.4 Å². The molecule has 1 N–H and O–H groups in total. The van der Waals surface area contributed by atoms with E-state index >= 15 is 0 Å². The van der Waals surface area contributed by atoms with Gasteiger partial charge in [-0.3, -0.25) is 0 Å². The quantitative estimate of drug-likeness (QED) is 0.278. The van der Waals surface area contributed by atoms with E-state index in [0.29, 0.717) is 4.47 Å². The Morgan fingerprint density at radius 3 is 2.25 bits per heavy atom. The van der Waals surface area contributed by atoms with Crippen LogP contribution < -0.4 is 9.64 Å². The monoisotopic (exact) mass is 583 g/mol. The summed E-state index contributed by atoms with van der Waals surface area (Å²) in [5, 5.41) is 9.65. The molecule has 0 radical (unpaired) electrons. The second-order valence-electron chi connectivity index (χ2n) is 7.83. The number of rotatable bonds is 8. The standard InChI is InChI=1S/C24H18BrF8NO2/c25-16-5-7-20(27)21(9-16)36-18-3-1-2-17(10-18)34(13-22(35)24(31,32)33)12-15-8-14(4-6-19(15)26)11-23(28,29)30/h1-10,22,35H,11-13H2. The van der Waals surface area contributed by atoms with Crippen LogP contribution in [0.25, 0.3) is 0 Å². The molecule has 0 heterocycles. The maximum absolute atomic E-state index is 14.4. The van der Waals surface area contributed by atoms with Crippen molar-refractivity contribution in [2.45, 2.75) is 31.4 Å². The molecule has 0 aliphatic heterocycles. The zero-order chi connectivity index (χ0) is 26.7. The van der Waals surface area contributed by atoms with Gasteiger partial charge in [0.05, 0.1) is 13.0 Å². The molecule has 0 aliphatic rings. The highest BCUT2D eigenvalue weighted by Crippen LogP contribution is 2.32. The number of hydrogen-bond acceptors (Lipinski definition) is 3. The highest BCUT2D eigenvalue weighted by atomic mass is 79.9. The van der Waals surface area contributed by atoms with Gasteiger partial charge in [0.1, 0.15) is 11.6 Å². The highest BCUT2D eigenvalue weighted by molar-refractivity contribution is 9.10. The third-order valence-corrected chi connectivity index (χ3v) is 5.44. The summed E-state index contributed by atoms with van der Waals surface area (Å²) in [6, 6.07) is 11.9. The van der Waals surface area contributed by atoms with Gasteiger partial charge in [0.15, 0.2) is 17.7 Å². The minimum Gasteiger partial charge on any atom is -0.454 e. The molecule has 0 aliphatic carbocycles. The number of aliphatic hydroxyl groups is 1.